The normalized spacial score (nSPS) is 10.7. The molecule has 0 amide bonds. The van der Waals surface area contributed by atoms with E-state index in [0.29, 0.717) is 18.1 Å². The van der Waals surface area contributed by atoms with Gasteiger partial charge in [0.2, 0.25) is 5.95 Å². The molecule has 0 aliphatic carbocycles. The third-order valence-corrected chi connectivity index (χ3v) is 4.63. The third kappa shape index (κ3) is 3.45. The molecular weight excluding hydrogens is 347 g/mol. The van der Waals surface area contributed by atoms with Gasteiger partial charge in [0.1, 0.15) is 5.82 Å². The van der Waals surface area contributed by atoms with Gasteiger partial charge in [0.25, 0.3) is 0 Å². The lowest BCUT2D eigenvalue weighted by Gasteiger charge is -2.11. The maximum Gasteiger partial charge on any atom is 0.223 e. The highest BCUT2D eigenvalue weighted by atomic mass is 32.1. The van der Waals surface area contributed by atoms with Crippen molar-refractivity contribution in [2.24, 2.45) is 0 Å². The maximum absolute atomic E-state index is 13.8. The first-order valence-electron chi connectivity index (χ1n) is 8.08. The first kappa shape index (κ1) is 16.4. The highest BCUT2D eigenvalue weighted by Gasteiger charge is 2.12. The fraction of sp³-hybridized carbons (Fsp3) is 0.0500. The fourth-order valence-electron chi connectivity index (χ4n) is 2.63. The number of hydrogen-bond acceptors (Lipinski definition) is 5. The predicted octanol–water partition coefficient (Wildman–Crippen LogP) is 5.02. The minimum Gasteiger partial charge on any atom is -0.350 e. The number of halogens is 1. The van der Waals surface area contributed by atoms with Crippen molar-refractivity contribution in [1.29, 1.82) is 0 Å². The summed E-state index contributed by atoms with van der Waals surface area (Å²) in [6.07, 6.45) is 5.30. The fourth-order valence-corrected chi connectivity index (χ4v) is 3.29. The largest absolute Gasteiger partial charge is 0.350 e. The van der Waals surface area contributed by atoms with Gasteiger partial charge in [-0.15, -0.1) is 0 Å². The molecule has 0 fully saturated rings. The molecule has 4 aromatic rings. The first-order chi connectivity index (χ1) is 12.8. The van der Waals surface area contributed by atoms with E-state index in [-0.39, 0.29) is 5.82 Å². The molecule has 0 unspecified atom stereocenters. The van der Waals surface area contributed by atoms with Crippen molar-refractivity contribution in [3.8, 4) is 22.4 Å². The van der Waals surface area contributed by atoms with E-state index in [9.17, 15) is 4.39 Å². The average molecular weight is 362 g/mol. The van der Waals surface area contributed by atoms with E-state index in [4.69, 9.17) is 0 Å². The maximum atomic E-state index is 13.8. The summed E-state index contributed by atoms with van der Waals surface area (Å²) in [6.45, 7) is 0.316. The van der Waals surface area contributed by atoms with Crippen LogP contribution in [0.15, 0.2) is 71.8 Å². The van der Waals surface area contributed by atoms with Crippen LogP contribution in [-0.4, -0.2) is 15.0 Å². The van der Waals surface area contributed by atoms with Gasteiger partial charge < -0.3 is 5.32 Å². The lowest BCUT2D eigenvalue weighted by molar-refractivity contribution is 0.612. The zero-order valence-corrected chi connectivity index (χ0v) is 14.6. The van der Waals surface area contributed by atoms with E-state index in [2.05, 4.69) is 25.6 Å². The molecule has 0 spiro atoms. The van der Waals surface area contributed by atoms with Crippen molar-refractivity contribution in [3.63, 3.8) is 0 Å². The summed E-state index contributed by atoms with van der Waals surface area (Å²) < 4.78 is 13.8. The number of benzene rings is 1. The molecule has 0 aliphatic rings. The van der Waals surface area contributed by atoms with Gasteiger partial charge in [0.15, 0.2) is 0 Å². The van der Waals surface area contributed by atoms with Crippen LogP contribution in [0.4, 0.5) is 10.3 Å². The molecule has 0 aliphatic heterocycles. The Labute approximate surface area is 154 Å². The summed E-state index contributed by atoms with van der Waals surface area (Å²) in [5.74, 6) is 0.202. The zero-order chi connectivity index (χ0) is 17.8. The van der Waals surface area contributed by atoms with E-state index in [1.807, 2.05) is 29.6 Å². The van der Waals surface area contributed by atoms with Crippen molar-refractivity contribution in [2.75, 3.05) is 5.32 Å². The van der Waals surface area contributed by atoms with Crippen LogP contribution in [0.3, 0.4) is 0 Å². The van der Waals surface area contributed by atoms with Crippen molar-refractivity contribution < 1.29 is 4.39 Å². The monoisotopic (exact) mass is 362 g/mol. The standard InChI is InChI=1S/C20H15FN4S/c21-18-6-2-1-4-14(18)11-23-20-24-12-17(16-7-9-26-13-16)19(25-20)15-5-3-8-22-10-15/h1-10,12-13H,11H2,(H,23,24,25). The summed E-state index contributed by atoms with van der Waals surface area (Å²) in [4.78, 5) is 13.3. The Bertz CT molecular complexity index is 1000. The Morgan fingerprint density at radius 3 is 2.69 bits per heavy atom. The zero-order valence-electron chi connectivity index (χ0n) is 13.8. The van der Waals surface area contributed by atoms with Crippen molar-refractivity contribution >= 4 is 17.3 Å². The second-order valence-electron chi connectivity index (χ2n) is 5.65. The van der Waals surface area contributed by atoms with Gasteiger partial charge in [0, 0.05) is 41.8 Å². The van der Waals surface area contributed by atoms with Gasteiger partial charge >= 0.3 is 0 Å². The van der Waals surface area contributed by atoms with Crippen LogP contribution in [0.25, 0.3) is 22.4 Å². The number of anilines is 1. The van der Waals surface area contributed by atoms with E-state index in [1.165, 1.54) is 6.07 Å². The quantitative estimate of drug-likeness (QED) is 0.542. The third-order valence-electron chi connectivity index (χ3n) is 3.95. The summed E-state index contributed by atoms with van der Waals surface area (Å²) in [5.41, 5.74) is 4.28. The SMILES string of the molecule is Fc1ccccc1CNc1ncc(-c2ccsc2)c(-c2cccnc2)n1. The van der Waals surface area contributed by atoms with Crippen LogP contribution in [-0.2, 0) is 6.54 Å². The Hall–Kier alpha value is -3.12. The summed E-state index contributed by atoms with van der Waals surface area (Å²) in [7, 11) is 0. The van der Waals surface area contributed by atoms with Crippen LogP contribution in [0.1, 0.15) is 5.56 Å². The molecule has 26 heavy (non-hydrogen) atoms. The molecule has 0 saturated heterocycles. The number of pyridine rings is 1. The number of hydrogen-bond donors (Lipinski definition) is 1. The topological polar surface area (TPSA) is 50.7 Å². The molecule has 1 aromatic carbocycles. The molecule has 0 saturated carbocycles. The molecule has 1 N–H and O–H groups in total. The van der Waals surface area contributed by atoms with Crippen LogP contribution in [0.5, 0.6) is 0 Å². The molecule has 0 radical (unpaired) electrons. The van der Waals surface area contributed by atoms with Crippen LogP contribution < -0.4 is 5.32 Å². The van der Waals surface area contributed by atoms with E-state index in [0.717, 1.165) is 22.4 Å². The average Bonchev–Trinajstić information content (AvgIpc) is 3.22. The van der Waals surface area contributed by atoms with E-state index in [1.54, 1.807) is 42.1 Å². The Morgan fingerprint density at radius 2 is 1.92 bits per heavy atom. The predicted molar refractivity (Wildman–Crippen MR) is 102 cm³/mol. The highest BCUT2D eigenvalue weighted by Crippen LogP contribution is 2.31. The number of nitrogens with zero attached hydrogens (tertiary/aromatic N) is 3. The number of nitrogens with one attached hydrogen (secondary N) is 1. The first-order valence-corrected chi connectivity index (χ1v) is 9.03. The molecular formula is C20H15FN4S. The van der Waals surface area contributed by atoms with Gasteiger partial charge in [-0.1, -0.05) is 18.2 Å². The molecule has 0 atom stereocenters. The van der Waals surface area contributed by atoms with Crippen molar-refractivity contribution in [3.05, 3.63) is 83.2 Å². The molecule has 6 heteroatoms. The Kier molecular flexibility index (Phi) is 4.66. The number of aromatic nitrogens is 3. The lowest BCUT2D eigenvalue weighted by Crippen LogP contribution is -2.06. The van der Waals surface area contributed by atoms with Crippen LogP contribution >= 0.6 is 11.3 Å². The van der Waals surface area contributed by atoms with Crippen molar-refractivity contribution in [1.82, 2.24) is 15.0 Å². The van der Waals surface area contributed by atoms with Gasteiger partial charge in [-0.25, -0.2) is 14.4 Å². The van der Waals surface area contributed by atoms with E-state index >= 15 is 0 Å². The molecule has 3 aromatic heterocycles. The van der Waals surface area contributed by atoms with E-state index < -0.39 is 0 Å². The minimum absolute atomic E-state index is 0.248. The van der Waals surface area contributed by atoms with Gasteiger partial charge in [-0.3, -0.25) is 4.98 Å². The van der Waals surface area contributed by atoms with Gasteiger partial charge in [-0.2, -0.15) is 11.3 Å². The molecule has 4 rings (SSSR count). The second-order valence-corrected chi connectivity index (χ2v) is 6.43. The highest BCUT2D eigenvalue weighted by molar-refractivity contribution is 7.08. The molecule has 4 nitrogen and oxygen atoms in total. The second kappa shape index (κ2) is 7.41. The van der Waals surface area contributed by atoms with Crippen molar-refractivity contribution in [2.45, 2.75) is 6.54 Å². The molecule has 3 heterocycles. The summed E-state index contributed by atoms with van der Waals surface area (Å²) >= 11 is 1.62. The minimum atomic E-state index is -0.248. The molecule has 128 valence electrons. The van der Waals surface area contributed by atoms with Gasteiger partial charge in [0.05, 0.1) is 5.69 Å². The number of rotatable bonds is 5. The smallest absolute Gasteiger partial charge is 0.223 e. The van der Waals surface area contributed by atoms with Crippen LogP contribution in [0.2, 0.25) is 0 Å². The van der Waals surface area contributed by atoms with Crippen LogP contribution in [0, 0.1) is 5.82 Å². The summed E-state index contributed by atoms with van der Waals surface area (Å²) in [6, 6.07) is 12.5. The number of thiophene rings is 1. The molecule has 0 bridgehead atoms. The lowest BCUT2D eigenvalue weighted by atomic mass is 10.0. The Balaban J connectivity index is 1.68. The van der Waals surface area contributed by atoms with Gasteiger partial charge in [-0.05, 0) is 40.6 Å². The Morgan fingerprint density at radius 1 is 1.00 bits per heavy atom. The summed E-state index contributed by atoms with van der Waals surface area (Å²) in [5, 5.41) is 7.19.